The Morgan fingerprint density at radius 1 is 1.45 bits per heavy atom. The van der Waals surface area contributed by atoms with E-state index in [4.69, 9.17) is 23.2 Å². The molecule has 9 heteroatoms. The predicted molar refractivity (Wildman–Crippen MR) is 72.6 cm³/mol. The van der Waals surface area contributed by atoms with Gasteiger partial charge in [-0.25, -0.2) is 0 Å². The lowest BCUT2D eigenvalue weighted by atomic mass is 10.0. The number of aliphatic hydroxyl groups excluding tert-OH is 2. The quantitative estimate of drug-likeness (QED) is 0.409. The number of nitrogens with one attached hydrogen (secondary N) is 1. The van der Waals surface area contributed by atoms with Gasteiger partial charge >= 0.3 is 0 Å². The first-order chi connectivity index (χ1) is 9.36. The summed E-state index contributed by atoms with van der Waals surface area (Å²) in [4.78, 5) is 20.0. The molecule has 110 valence electrons. The first-order valence-corrected chi connectivity index (χ1v) is 6.36. The molecule has 0 unspecified atom stereocenters. The highest BCUT2D eigenvalue weighted by atomic mass is 35.5. The minimum atomic E-state index is -1.35. The Hall–Kier alpha value is -1.41. The average molecular weight is 323 g/mol. The molecular weight excluding hydrogens is 311 g/mol. The molecule has 0 aliphatic heterocycles. The largest absolute Gasteiger partial charge is 0.394 e. The Morgan fingerprint density at radius 2 is 2.10 bits per heavy atom. The maximum Gasteiger partial charge on any atom is 0.269 e. The zero-order chi connectivity index (χ0) is 15.3. The normalized spacial score (nSPS) is 13.8. The molecule has 20 heavy (non-hydrogen) atoms. The van der Waals surface area contributed by atoms with Crippen molar-refractivity contribution in [2.24, 2.45) is 0 Å². The number of hydrogen-bond donors (Lipinski definition) is 3. The number of amides is 1. The van der Waals surface area contributed by atoms with Gasteiger partial charge in [0.15, 0.2) is 4.84 Å². The van der Waals surface area contributed by atoms with E-state index < -0.39 is 34.4 Å². The zero-order valence-corrected chi connectivity index (χ0v) is 11.6. The van der Waals surface area contributed by atoms with Crippen LogP contribution in [0.25, 0.3) is 0 Å². The van der Waals surface area contributed by atoms with Crippen molar-refractivity contribution >= 4 is 34.8 Å². The first kappa shape index (κ1) is 16.6. The number of benzene rings is 1. The van der Waals surface area contributed by atoms with Crippen LogP contribution < -0.4 is 5.32 Å². The lowest BCUT2D eigenvalue weighted by molar-refractivity contribution is -0.385. The van der Waals surface area contributed by atoms with Gasteiger partial charge in [-0.05, 0) is 5.56 Å². The van der Waals surface area contributed by atoms with Crippen LogP contribution in [0.2, 0.25) is 0 Å². The summed E-state index contributed by atoms with van der Waals surface area (Å²) < 4.78 is 0. The second-order valence-electron chi connectivity index (χ2n) is 3.90. The fourth-order valence-corrected chi connectivity index (χ4v) is 1.65. The number of nitro benzene ring substituents is 1. The summed E-state index contributed by atoms with van der Waals surface area (Å²) in [6.45, 7) is -0.587. The van der Waals surface area contributed by atoms with Gasteiger partial charge in [0.1, 0.15) is 6.10 Å². The number of carbonyl (C=O) groups is 1. The average Bonchev–Trinajstić information content (AvgIpc) is 2.43. The molecule has 0 saturated heterocycles. The topological polar surface area (TPSA) is 113 Å². The number of nitrogens with zero attached hydrogens (tertiary/aromatic N) is 1. The van der Waals surface area contributed by atoms with Crippen LogP contribution in [0.5, 0.6) is 0 Å². The third-order valence-corrected chi connectivity index (χ3v) is 2.92. The molecule has 0 spiro atoms. The van der Waals surface area contributed by atoms with Crippen molar-refractivity contribution in [2.75, 3.05) is 6.61 Å². The minimum Gasteiger partial charge on any atom is -0.394 e. The van der Waals surface area contributed by atoms with Crippen molar-refractivity contribution in [3.05, 3.63) is 39.9 Å². The number of halogens is 2. The standard InChI is InChI=1S/C11H12Cl2N2O5/c12-10(13)11(18)14-8(5-16)9(17)6-2-1-3-7(4-6)15(19)20/h1-4,8-10,16-17H,5H2,(H,14,18)/t8-,9-/m0/s1. The van der Waals surface area contributed by atoms with Crippen molar-refractivity contribution in [2.45, 2.75) is 17.0 Å². The fourth-order valence-electron chi connectivity index (χ4n) is 1.52. The fraction of sp³-hybridized carbons (Fsp3) is 0.364. The molecule has 0 fully saturated rings. The van der Waals surface area contributed by atoms with E-state index in [2.05, 4.69) is 5.32 Å². The first-order valence-electron chi connectivity index (χ1n) is 5.48. The molecule has 2 atom stereocenters. The van der Waals surface area contributed by atoms with Crippen LogP contribution in [-0.4, -0.2) is 38.5 Å². The van der Waals surface area contributed by atoms with E-state index in [9.17, 15) is 25.1 Å². The molecule has 1 rings (SSSR count). The van der Waals surface area contributed by atoms with Gasteiger partial charge < -0.3 is 15.5 Å². The van der Waals surface area contributed by atoms with Gasteiger partial charge in [-0.2, -0.15) is 0 Å². The van der Waals surface area contributed by atoms with E-state index >= 15 is 0 Å². The third kappa shape index (κ3) is 4.31. The minimum absolute atomic E-state index is 0.180. The van der Waals surface area contributed by atoms with Crippen LogP contribution in [0.15, 0.2) is 24.3 Å². The summed E-state index contributed by atoms with van der Waals surface area (Å²) in [7, 11) is 0. The van der Waals surface area contributed by atoms with E-state index in [-0.39, 0.29) is 11.3 Å². The molecule has 7 nitrogen and oxygen atoms in total. The highest BCUT2D eigenvalue weighted by Gasteiger charge is 2.25. The number of aliphatic hydroxyl groups is 2. The van der Waals surface area contributed by atoms with Crippen LogP contribution in [0, 0.1) is 10.1 Å². The molecule has 0 bridgehead atoms. The van der Waals surface area contributed by atoms with Crippen molar-refractivity contribution in [1.82, 2.24) is 5.32 Å². The number of alkyl halides is 2. The molecule has 3 N–H and O–H groups in total. The third-order valence-electron chi connectivity index (χ3n) is 2.53. The molecule has 0 heterocycles. The van der Waals surface area contributed by atoms with Gasteiger partial charge in [0.2, 0.25) is 0 Å². The number of non-ortho nitro benzene ring substituents is 1. The van der Waals surface area contributed by atoms with Crippen LogP contribution in [0.3, 0.4) is 0 Å². The molecule has 1 aromatic carbocycles. The smallest absolute Gasteiger partial charge is 0.269 e. The van der Waals surface area contributed by atoms with Gasteiger partial charge in [-0.1, -0.05) is 35.3 Å². The second-order valence-corrected chi connectivity index (χ2v) is 4.99. The van der Waals surface area contributed by atoms with E-state index in [0.717, 1.165) is 6.07 Å². The highest BCUT2D eigenvalue weighted by Crippen LogP contribution is 2.22. The molecule has 1 amide bonds. The lowest BCUT2D eigenvalue weighted by Gasteiger charge is -2.22. The maximum absolute atomic E-state index is 11.3. The summed E-state index contributed by atoms with van der Waals surface area (Å²) in [6.07, 6.45) is -1.34. The summed E-state index contributed by atoms with van der Waals surface area (Å²) in [5.74, 6) is -0.781. The molecule has 0 aliphatic rings. The van der Waals surface area contributed by atoms with Crippen LogP contribution in [0.1, 0.15) is 11.7 Å². The lowest BCUT2D eigenvalue weighted by Crippen LogP contribution is -2.44. The number of nitro groups is 1. The molecule has 0 aromatic heterocycles. The van der Waals surface area contributed by atoms with Crippen LogP contribution >= 0.6 is 23.2 Å². The number of carbonyl (C=O) groups excluding carboxylic acids is 1. The highest BCUT2D eigenvalue weighted by molar-refractivity contribution is 6.53. The van der Waals surface area contributed by atoms with E-state index in [0.29, 0.717) is 0 Å². The van der Waals surface area contributed by atoms with Gasteiger partial charge in [-0.15, -0.1) is 0 Å². The van der Waals surface area contributed by atoms with Crippen molar-refractivity contribution < 1.29 is 19.9 Å². The summed E-state index contributed by atoms with van der Waals surface area (Å²) in [6, 6.07) is 4.16. The SMILES string of the molecule is O=C(N[C@@H](CO)[C@@H](O)c1cccc([N+](=O)[O-])c1)C(Cl)Cl. The second kappa shape index (κ2) is 7.39. The van der Waals surface area contributed by atoms with E-state index in [1.807, 2.05) is 0 Å². The van der Waals surface area contributed by atoms with Gasteiger partial charge in [0.25, 0.3) is 11.6 Å². The summed E-state index contributed by atoms with van der Waals surface area (Å²) >= 11 is 10.7. The molecule has 0 radical (unpaired) electrons. The molecule has 0 aliphatic carbocycles. The molecular formula is C11H12Cl2N2O5. The Kier molecular flexibility index (Phi) is 6.15. The number of rotatable bonds is 6. The van der Waals surface area contributed by atoms with Crippen LogP contribution in [0.4, 0.5) is 5.69 Å². The predicted octanol–water partition coefficient (Wildman–Crippen LogP) is 0.909. The van der Waals surface area contributed by atoms with Gasteiger partial charge in [0.05, 0.1) is 17.6 Å². The van der Waals surface area contributed by atoms with E-state index in [1.54, 1.807) is 0 Å². The zero-order valence-electron chi connectivity index (χ0n) is 10.1. The van der Waals surface area contributed by atoms with Crippen molar-refractivity contribution in [1.29, 1.82) is 0 Å². The molecule has 0 saturated carbocycles. The van der Waals surface area contributed by atoms with Crippen molar-refractivity contribution in [3.8, 4) is 0 Å². The Labute approximate surface area is 124 Å². The van der Waals surface area contributed by atoms with E-state index in [1.165, 1.54) is 18.2 Å². The summed E-state index contributed by atoms with van der Waals surface area (Å²) in [5.41, 5.74) is -0.0311. The monoisotopic (exact) mass is 322 g/mol. The Morgan fingerprint density at radius 3 is 2.60 bits per heavy atom. The molecule has 1 aromatic rings. The van der Waals surface area contributed by atoms with Crippen LogP contribution in [-0.2, 0) is 4.79 Å². The summed E-state index contributed by atoms with van der Waals surface area (Å²) in [5, 5.41) is 32.1. The maximum atomic E-state index is 11.3. The van der Waals surface area contributed by atoms with Gasteiger partial charge in [-0.3, -0.25) is 14.9 Å². The number of hydrogen-bond acceptors (Lipinski definition) is 5. The Balaban J connectivity index is 2.90. The van der Waals surface area contributed by atoms with Gasteiger partial charge in [0, 0.05) is 12.1 Å². The van der Waals surface area contributed by atoms with Crippen molar-refractivity contribution in [3.63, 3.8) is 0 Å². The Bertz CT molecular complexity index is 497.